The van der Waals surface area contributed by atoms with E-state index in [0.29, 0.717) is 0 Å². The van der Waals surface area contributed by atoms with Crippen LogP contribution in [0.1, 0.15) is 39.5 Å². The lowest BCUT2D eigenvalue weighted by Crippen LogP contribution is -2.40. The lowest BCUT2D eigenvalue weighted by atomic mass is 10.2. The molecule has 0 aliphatic carbocycles. The maximum absolute atomic E-state index is 5.01. The van der Waals surface area contributed by atoms with Gasteiger partial charge in [-0.3, -0.25) is 0 Å². The largest absolute Gasteiger partial charge is 0.379 e. The molecule has 5 aliphatic rings. The molecule has 0 aromatic carbocycles. The Kier molecular flexibility index (Phi) is 25.7. The zero-order valence-electron chi connectivity index (χ0n) is 19.7. The second kappa shape index (κ2) is 25.9. The summed E-state index contributed by atoms with van der Waals surface area (Å²) >= 11 is 0. The predicted octanol–water partition coefficient (Wildman–Crippen LogP) is 0.0726. The predicted molar refractivity (Wildman–Crippen MR) is 135 cm³/mol. The van der Waals surface area contributed by atoms with Crippen LogP contribution in [0.5, 0.6) is 0 Å². The quantitative estimate of drug-likeness (QED) is 0.313. The first-order valence-corrected chi connectivity index (χ1v) is 12.4. The fraction of sp³-hybridized carbons (Fsp3) is 1.00. The van der Waals surface area contributed by atoms with Gasteiger partial charge in [-0.05, 0) is 58.9 Å². The molecule has 5 fully saturated rings. The SMILES string of the molecule is C.C1CCNC1.C1CCNCC1.C1CNCCN1.C1COCCN1.CN1CCNCC1. The highest BCUT2D eigenvalue weighted by molar-refractivity contribution is 4.62. The Morgan fingerprint density at radius 2 is 0.806 bits per heavy atom. The summed E-state index contributed by atoms with van der Waals surface area (Å²) in [5.41, 5.74) is 0. The van der Waals surface area contributed by atoms with Crippen molar-refractivity contribution in [1.82, 2.24) is 36.8 Å². The second-order valence-corrected chi connectivity index (χ2v) is 8.18. The summed E-state index contributed by atoms with van der Waals surface area (Å²) in [4.78, 5) is 2.33. The molecular formula is C23H55N7O. The zero-order chi connectivity index (χ0) is 21.4. The number of morpholine rings is 1. The highest BCUT2D eigenvalue weighted by atomic mass is 16.5. The molecule has 0 bridgehead atoms. The van der Waals surface area contributed by atoms with Gasteiger partial charge in [0, 0.05) is 65.4 Å². The van der Waals surface area contributed by atoms with E-state index in [4.69, 9.17) is 4.74 Å². The molecule has 8 nitrogen and oxygen atoms in total. The van der Waals surface area contributed by atoms with Gasteiger partial charge < -0.3 is 41.5 Å². The van der Waals surface area contributed by atoms with Crippen molar-refractivity contribution in [2.45, 2.75) is 39.5 Å². The lowest BCUT2D eigenvalue weighted by molar-refractivity contribution is 0.109. The summed E-state index contributed by atoms with van der Waals surface area (Å²) in [7, 11) is 2.15. The minimum atomic E-state index is 0. The molecular weight excluding hydrogens is 390 g/mol. The molecule has 8 heteroatoms. The van der Waals surface area contributed by atoms with Crippen LogP contribution >= 0.6 is 0 Å². The molecule has 0 saturated carbocycles. The Morgan fingerprint density at radius 1 is 0.452 bits per heavy atom. The van der Waals surface area contributed by atoms with Crippen molar-refractivity contribution in [3.8, 4) is 0 Å². The van der Waals surface area contributed by atoms with Crippen LogP contribution < -0.4 is 31.9 Å². The number of hydrogen-bond acceptors (Lipinski definition) is 8. The van der Waals surface area contributed by atoms with Crippen molar-refractivity contribution in [1.29, 1.82) is 0 Å². The molecule has 0 aromatic heterocycles. The molecule has 0 spiro atoms. The number of piperidine rings is 1. The van der Waals surface area contributed by atoms with E-state index in [9.17, 15) is 0 Å². The van der Waals surface area contributed by atoms with Gasteiger partial charge in [0.1, 0.15) is 0 Å². The van der Waals surface area contributed by atoms with Crippen molar-refractivity contribution in [3.63, 3.8) is 0 Å². The van der Waals surface area contributed by atoms with Gasteiger partial charge >= 0.3 is 0 Å². The summed E-state index contributed by atoms with van der Waals surface area (Å²) < 4.78 is 5.01. The van der Waals surface area contributed by atoms with E-state index in [-0.39, 0.29) is 7.43 Å². The van der Waals surface area contributed by atoms with Crippen molar-refractivity contribution in [3.05, 3.63) is 0 Å². The first kappa shape index (κ1) is 30.7. The average Bonchev–Trinajstić information content (AvgIpc) is 3.45. The molecule has 5 heterocycles. The molecule has 0 atom stereocenters. The summed E-state index contributed by atoms with van der Waals surface area (Å²) in [6.45, 7) is 18.1. The van der Waals surface area contributed by atoms with Crippen molar-refractivity contribution in [2.75, 3.05) is 112 Å². The van der Waals surface area contributed by atoms with Gasteiger partial charge in [-0.1, -0.05) is 13.8 Å². The van der Waals surface area contributed by atoms with Crippen LogP contribution in [0, 0.1) is 0 Å². The Labute approximate surface area is 193 Å². The van der Waals surface area contributed by atoms with Gasteiger partial charge in [0.05, 0.1) is 13.2 Å². The Morgan fingerprint density at radius 3 is 1.00 bits per heavy atom. The number of rotatable bonds is 0. The summed E-state index contributed by atoms with van der Waals surface area (Å²) in [6, 6.07) is 0. The highest BCUT2D eigenvalue weighted by Gasteiger charge is 2.01. The van der Waals surface area contributed by atoms with Crippen LogP contribution in [0.2, 0.25) is 0 Å². The van der Waals surface area contributed by atoms with Crippen LogP contribution in [0.3, 0.4) is 0 Å². The van der Waals surface area contributed by atoms with Crippen LogP contribution in [0.4, 0.5) is 0 Å². The Hall–Kier alpha value is -0.320. The fourth-order valence-electron chi connectivity index (χ4n) is 3.32. The highest BCUT2D eigenvalue weighted by Crippen LogP contribution is 1.96. The lowest BCUT2D eigenvalue weighted by Gasteiger charge is -2.21. The molecule has 31 heavy (non-hydrogen) atoms. The molecule has 6 N–H and O–H groups in total. The Bertz CT molecular complexity index is 244. The molecule has 0 aromatic rings. The van der Waals surface area contributed by atoms with Crippen LogP contribution in [0.15, 0.2) is 0 Å². The molecule has 5 aliphatic heterocycles. The molecule has 188 valence electrons. The van der Waals surface area contributed by atoms with Crippen LogP contribution in [0.25, 0.3) is 0 Å². The third kappa shape index (κ3) is 24.2. The number of hydrogen-bond donors (Lipinski definition) is 6. The van der Waals surface area contributed by atoms with Crippen LogP contribution in [-0.4, -0.2) is 117 Å². The molecule has 0 unspecified atom stereocenters. The number of nitrogens with zero attached hydrogens (tertiary/aromatic N) is 1. The zero-order valence-corrected chi connectivity index (χ0v) is 19.7. The van der Waals surface area contributed by atoms with Gasteiger partial charge in [-0.15, -0.1) is 0 Å². The van der Waals surface area contributed by atoms with Gasteiger partial charge in [-0.2, -0.15) is 0 Å². The number of nitrogens with one attached hydrogen (secondary N) is 6. The van der Waals surface area contributed by atoms with Gasteiger partial charge in [-0.25, -0.2) is 0 Å². The van der Waals surface area contributed by atoms with E-state index in [1.165, 1.54) is 71.4 Å². The van der Waals surface area contributed by atoms with Crippen LogP contribution in [-0.2, 0) is 4.74 Å². The van der Waals surface area contributed by atoms with Gasteiger partial charge in [0.15, 0.2) is 0 Å². The van der Waals surface area contributed by atoms with Crippen molar-refractivity contribution >= 4 is 0 Å². The van der Waals surface area contributed by atoms with E-state index in [2.05, 4.69) is 43.8 Å². The number of piperazine rings is 2. The van der Waals surface area contributed by atoms with Gasteiger partial charge in [0.2, 0.25) is 0 Å². The summed E-state index contributed by atoms with van der Waals surface area (Å²) in [5.74, 6) is 0. The minimum Gasteiger partial charge on any atom is -0.379 e. The second-order valence-electron chi connectivity index (χ2n) is 8.18. The molecule has 5 rings (SSSR count). The normalized spacial score (nSPS) is 23.5. The molecule has 0 amide bonds. The first-order chi connectivity index (χ1) is 14.9. The average molecular weight is 446 g/mol. The standard InChI is InChI=1S/C5H12N2.C5H11N.C4H10N2.C4H9NO.C4H9N.CH4/c1-7-4-2-6-3-5-7;1-2-4-6-5-3-1;1-2-6-4-3-5-1;1-3-6-4-2-5-1;1-2-4-5-3-1;/h6H,2-5H2,1H3;6H,1-5H2;5-6H,1-4H2;5H,1-4H2;5H,1-4H2;1H4. The smallest absolute Gasteiger partial charge is 0.0591 e. The van der Waals surface area contributed by atoms with E-state index in [1.807, 2.05) is 0 Å². The van der Waals surface area contributed by atoms with E-state index >= 15 is 0 Å². The fourth-order valence-corrected chi connectivity index (χ4v) is 3.32. The van der Waals surface area contributed by atoms with Crippen molar-refractivity contribution < 1.29 is 4.74 Å². The van der Waals surface area contributed by atoms with E-state index < -0.39 is 0 Å². The van der Waals surface area contributed by atoms with Crippen molar-refractivity contribution in [2.24, 2.45) is 0 Å². The number of likely N-dealkylation sites (N-methyl/N-ethyl adjacent to an activating group) is 1. The van der Waals surface area contributed by atoms with E-state index in [0.717, 1.165) is 65.6 Å². The Balaban J connectivity index is 0.000000361. The third-order valence-corrected chi connectivity index (χ3v) is 5.31. The first-order valence-electron chi connectivity index (χ1n) is 12.4. The summed E-state index contributed by atoms with van der Waals surface area (Å²) in [6.07, 6.45) is 6.99. The molecule has 0 radical (unpaired) electrons. The third-order valence-electron chi connectivity index (χ3n) is 5.31. The maximum Gasteiger partial charge on any atom is 0.0591 e. The topological polar surface area (TPSA) is 84.6 Å². The monoisotopic (exact) mass is 445 g/mol. The number of ether oxygens (including phenoxy) is 1. The van der Waals surface area contributed by atoms with E-state index in [1.54, 1.807) is 0 Å². The minimum absolute atomic E-state index is 0. The summed E-state index contributed by atoms with van der Waals surface area (Å²) in [5, 5.41) is 19.4. The maximum atomic E-state index is 5.01. The van der Waals surface area contributed by atoms with Gasteiger partial charge in [0.25, 0.3) is 0 Å². The molecule has 5 saturated heterocycles.